The molecule has 1 unspecified atom stereocenters. The first-order valence-electron chi connectivity index (χ1n) is 14.1. The molecule has 216 valence electrons. The number of nitrogens with zero attached hydrogens (tertiary/aromatic N) is 1. The highest BCUT2D eigenvalue weighted by Gasteiger charge is 2.48. The molecular weight excluding hydrogens is 514 g/mol. The Morgan fingerprint density at radius 2 is 1.46 bits per heavy atom. The largest absolute Gasteiger partial charge is 0.507 e. The van der Waals surface area contributed by atoms with Crippen molar-refractivity contribution in [1.82, 2.24) is 0 Å². The number of anilines is 1. The van der Waals surface area contributed by atoms with Crippen molar-refractivity contribution >= 4 is 23.1 Å². The molecular formula is C35H41NO5. The highest BCUT2D eigenvalue weighted by atomic mass is 16.5. The minimum absolute atomic E-state index is 0.00756. The van der Waals surface area contributed by atoms with E-state index >= 15 is 0 Å². The number of carbonyl (C=O) groups is 2. The van der Waals surface area contributed by atoms with E-state index in [1.165, 1.54) is 12.0 Å². The minimum Gasteiger partial charge on any atom is -0.507 e. The summed E-state index contributed by atoms with van der Waals surface area (Å²) in [5.74, 6) is -0.850. The molecule has 6 heteroatoms. The molecule has 0 spiro atoms. The van der Waals surface area contributed by atoms with Crippen molar-refractivity contribution in [3.8, 4) is 11.5 Å². The maximum absolute atomic E-state index is 13.8. The Bertz CT molecular complexity index is 1470. The zero-order chi connectivity index (χ0) is 30.1. The molecule has 1 amide bonds. The van der Waals surface area contributed by atoms with Crippen LogP contribution in [0.15, 0.2) is 72.3 Å². The number of ether oxygens (including phenoxy) is 2. The van der Waals surface area contributed by atoms with Crippen molar-refractivity contribution in [2.24, 2.45) is 0 Å². The Balaban J connectivity index is 2.00. The van der Waals surface area contributed by atoms with Gasteiger partial charge in [0.15, 0.2) is 0 Å². The maximum atomic E-state index is 13.8. The quantitative estimate of drug-likeness (QED) is 0.184. The first kappa shape index (κ1) is 29.9. The first-order chi connectivity index (χ1) is 19.3. The van der Waals surface area contributed by atoms with Crippen LogP contribution in [0, 0.1) is 0 Å². The van der Waals surface area contributed by atoms with Crippen LogP contribution < -0.4 is 14.4 Å². The lowest BCUT2D eigenvalue weighted by Gasteiger charge is -2.28. The van der Waals surface area contributed by atoms with Crippen LogP contribution >= 0.6 is 0 Å². The van der Waals surface area contributed by atoms with Gasteiger partial charge < -0.3 is 14.6 Å². The van der Waals surface area contributed by atoms with E-state index in [4.69, 9.17) is 9.47 Å². The summed E-state index contributed by atoms with van der Waals surface area (Å²) in [7, 11) is 1.52. The average Bonchev–Trinajstić information content (AvgIpc) is 3.20. The summed E-state index contributed by atoms with van der Waals surface area (Å²) in [5, 5.41) is 11.9. The molecule has 3 aromatic rings. The molecule has 1 aliphatic heterocycles. The van der Waals surface area contributed by atoms with E-state index in [2.05, 4.69) is 41.5 Å². The van der Waals surface area contributed by atoms with E-state index < -0.39 is 17.7 Å². The highest BCUT2D eigenvalue weighted by molar-refractivity contribution is 6.52. The van der Waals surface area contributed by atoms with Gasteiger partial charge in [-0.15, -0.1) is 0 Å². The molecule has 4 rings (SSSR count). The lowest BCUT2D eigenvalue weighted by Crippen LogP contribution is -2.30. The number of amides is 1. The zero-order valence-electron chi connectivity index (χ0n) is 25.4. The Morgan fingerprint density at radius 3 is 2.05 bits per heavy atom. The van der Waals surface area contributed by atoms with Gasteiger partial charge in [0, 0.05) is 0 Å². The van der Waals surface area contributed by atoms with Gasteiger partial charge in [-0.1, -0.05) is 90.9 Å². The fraction of sp³-hybridized carbons (Fsp3) is 0.371. The standard InChI is InChI=1S/C35H41NO5/c1-9-20-41-28-13-11-10-12-26(28)36-30(22-14-16-23(17-15-22)34(2,3)4)29(32(38)33(36)39)31(37)25-21-24(35(5,6)7)18-19-27(25)40-8/h10-19,21,30,37H,9,20H2,1-8H3/b31-29+. The number of carbonyl (C=O) groups excluding carboxylic acids is 2. The Morgan fingerprint density at radius 1 is 0.854 bits per heavy atom. The SMILES string of the molecule is CCCOc1ccccc1N1C(=O)C(=O)/C(=C(/O)c2cc(C(C)(C)C)ccc2OC)C1c1ccc(C(C)(C)C)cc1. The summed E-state index contributed by atoms with van der Waals surface area (Å²) >= 11 is 0. The van der Waals surface area contributed by atoms with E-state index in [0.29, 0.717) is 34.9 Å². The smallest absolute Gasteiger partial charge is 0.300 e. The van der Waals surface area contributed by atoms with Gasteiger partial charge in [0.05, 0.1) is 36.6 Å². The van der Waals surface area contributed by atoms with Crippen LogP contribution in [0.2, 0.25) is 0 Å². The summed E-state index contributed by atoms with van der Waals surface area (Å²) < 4.78 is 11.6. The van der Waals surface area contributed by atoms with Gasteiger partial charge in [0.1, 0.15) is 17.3 Å². The summed E-state index contributed by atoms with van der Waals surface area (Å²) in [5.41, 5.74) is 3.32. The van der Waals surface area contributed by atoms with Gasteiger partial charge in [-0.25, -0.2) is 0 Å². The molecule has 3 aromatic carbocycles. The summed E-state index contributed by atoms with van der Waals surface area (Å²) in [6, 6.07) is 19.8. The summed E-state index contributed by atoms with van der Waals surface area (Å²) in [4.78, 5) is 29.1. The van der Waals surface area contributed by atoms with Crippen molar-refractivity contribution in [3.05, 3.63) is 94.6 Å². The molecule has 1 fully saturated rings. The molecule has 1 aliphatic rings. The third-order valence-electron chi connectivity index (χ3n) is 7.44. The molecule has 0 aromatic heterocycles. The number of Topliss-reactive ketones (excluding diaryl/α,β-unsaturated/α-hetero) is 1. The van der Waals surface area contributed by atoms with Crippen LogP contribution in [0.1, 0.15) is 83.2 Å². The number of rotatable bonds is 7. The van der Waals surface area contributed by atoms with Crippen LogP contribution in [0.3, 0.4) is 0 Å². The van der Waals surface area contributed by atoms with Gasteiger partial charge >= 0.3 is 0 Å². The molecule has 1 saturated heterocycles. The number of methoxy groups -OCH3 is 1. The van der Waals surface area contributed by atoms with Crippen LogP contribution in [0.4, 0.5) is 5.69 Å². The van der Waals surface area contributed by atoms with Gasteiger partial charge in [0.25, 0.3) is 11.7 Å². The Labute approximate surface area is 243 Å². The highest BCUT2D eigenvalue weighted by Crippen LogP contribution is 2.46. The predicted octanol–water partition coefficient (Wildman–Crippen LogP) is 7.71. The number of benzene rings is 3. The summed E-state index contributed by atoms with van der Waals surface area (Å²) in [6.45, 7) is 15.1. The van der Waals surface area contributed by atoms with Gasteiger partial charge in [-0.2, -0.15) is 0 Å². The minimum atomic E-state index is -0.876. The third-order valence-corrected chi connectivity index (χ3v) is 7.44. The van der Waals surface area contributed by atoms with Crippen molar-refractivity contribution in [2.45, 2.75) is 71.8 Å². The lowest BCUT2D eigenvalue weighted by atomic mass is 9.84. The lowest BCUT2D eigenvalue weighted by molar-refractivity contribution is -0.132. The fourth-order valence-electron chi connectivity index (χ4n) is 5.06. The van der Waals surface area contributed by atoms with Crippen molar-refractivity contribution in [3.63, 3.8) is 0 Å². The number of para-hydroxylation sites is 2. The second-order valence-corrected chi connectivity index (χ2v) is 12.5. The molecule has 1 heterocycles. The molecule has 1 N–H and O–H groups in total. The second-order valence-electron chi connectivity index (χ2n) is 12.5. The van der Waals surface area contributed by atoms with Gasteiger partial charge in [0.2, 0.25) is 0 Å². The number of aliphatic hydroxyl groups is 1. The average molecular weight is 556 g/mol. The monoisotopic (exact) mass is 555 g/mol. The third kappa shape index (κ3) is 5.88. The zero-order valence-corrected chi connectivity index (χ0v) is 25.4. The molecule has 41 heavy (non-hydrogen) atoms. The number of hydrogen-bond donors (Lipinski definition) is 1. The van der Waals surface area contributed by atoms with E-state index in [-0.39, 0.29) is 22.2 Å². The molecule has 1 atom stereocenters. The van der Waals surface area contributed by atoms with Crippen LogP contribution in [-0.4, -0.2) is 30.5 Å². The molecule has 0 bridgehead atoms. The predicted molar refractivity (Wildman–Crippen MR) is 164 cm³/mol. The van der Waals surface area contributed by atoms with Crippen molar-refractivity contribution in [2.75, 3.05) is 18.6 Å². The van der Waals surface area contributed by atoms with E-state index in [0.717, 1.165) is 17.5 Å². The normalized spacial score (nSPS) is 17.2. The van der Waals surface area contributed by atoms with Crippen LogP contribution in [-0.2, 0) is 20.4 Å². The number of ketones is 1. The maximum Gasteiger partial charge on any atom is 0.300 e. The Hall–Kier alpha value is -4.06. The molecule has 0 radical (unpaired) electrons. The number of aliphatic hydroxyl groups excluding tert-OH is 1. The first-order valence-corrected chi connectivity index (χ1v) is 14.1. The molecule has 0 saturated carbocycles. The van der Waals surface area contributed by atoms with E-state index in [9.17, 15) is 14.7 Å². The molecule has 6 nitrogen and oxygen atoms in total. The van der Waals surface area contributed by atoms with Crippen LogP contribution in [0.5, 0.6) is 11.5 Å². The van der Waals surface area contributed by atoms with Crippen molar-refractivity contribution in [1.29, 1.82) is 0 Å². The van der Waals surface area contributed by atoms with Gasteiger partial charge in [-0.05, 0) is 58.2 Å². The van der Waals surface area contributed by atoms with Crippen LogP contribution in [0.25, 0.3) is 5.76 Å². The van der Waals surface area contributed by atoms with E-state index in [1.54, 1.807) is 18.2 Å². The van der Waals surface area contributed by atoms with Gasteiger partial charge in [-0.3, -0.25) is 14.5 Å². The second kappa shape index (κ2) is 11.4. The fourth-order valence-corrected chi connectivity index (χ4v) is 5.06. The summed E-state index contributed by atoms with van der Waals surface area (Å²) in [6.07, 6.45) is 0.786. The number of hydrogen-bond acceptors (Lipinski definition) is 5. The van der Waals surface area contributed by atoms with Crippen molar-refractivity contribution < 1.29 is 24.2 Å². The molecule has 0 aliphatic carbocycles. The Kier molecular flexibility index (Phi) is 8.34. The topological polar surface area (TPSA) is 76.1 Å². The van der Waals surface area contributed by atoms with E-state index in [1.807, 2.05) is 55.5 Å².